The van der Waals surface area contributed by atoms with Crippen molar-refractivity contribution in [1.29, 1.82) is 0 Å². The van der Waals surface area contributed by atoms with E-state index < -0.39 is 0 Å². The van der Waals surface area contributed by atoms with Gasteiger partial charge in [-0.05, 0) is 49.1 Å². The highest BCUT2D eigenvalue weighted by atomic mass is 32.1. The van der Waals surface area contributed by atoms with Crippen molar-refractivity contribution < 1.29 is 4.79 Å². The van der Waals surface area contributed by atoms with E-state index >= 15 is 0 Å². The quantitative estimate of drug-likeness (QED) is 0.682. The van der Waals surface area contributed by atoms with Crippen molar-refractivity contribution in [2.75, 3.05) is 18.9 Å². The number of anilines is 1. The molecule has 1 aromatic carbocycles. The lowest BCUT2D eigenvalue weighted by Crippen LogP contribution is -2.47. The molecule has 27 heavy (non-hydrogen) atoms. The Morgan fingerprint density at radius 3 is 3.22 bits per heavy atom. The van der Waals surface area contributed by atoms with Gasteiger partial charge in [0.25, 0.3) is 0 Å². The maximum atomic E-state index is 12.2. The van der Waals surface area contributed by atoms with E-state index in [1.54, 1.807) is 12.3 Å². The van der Waals surface area contributed by atoms with Crippen molar-refractivity contribution in [3.05, 3.63) is 59.3 Å². The van der Waals surface area contributed by atoms with E-state index in [2.05, 4.69) is 57.7 Å². The van der Waals surface area contributed by atoms with Crippen LogP contribution in [0.2, 0.25) is 0 Å². The minimum atomic E-state index is -0.103. The molecule has 1 aliphatic heterocycles. The zero-order chi connectivity index (χ0) is 18.4. The Morgan fingerprint density at radius 1 is 1.44 bits per heavy atom. The van der Waals surface area contributed by atoms with Crippen LogP contribution in [0.1, 0.15) is 23.5 Å². The number of thiazole rings is 1. The summed E-state index contributed by atoms with van der Waals surface area (Å²) in [5.74, 6) is 0.773. The predicted octanol–water partition coefficient (Wildman–Crippen LogP) is 3.78. The number of nitrogens with zero attached hydrogens (tertiary/aromatic N) is 2. The first-order valence-corrected chi connectivity index (χ1v) is 10.2. The monoisotopic (exact) mass is 378 g/mol. The Bertz CT molecular complexity index is 1010. The van der Waals surface area contributed by atoms with Crippen molar-refractivity contribution in [2.45, 2.75) is 24.8 Å². The summed E-state index contributed by atoms with van der Waals surface area (Å²) in [5, 5.41) is 6.73. The number of rotatable bonds is 3. The van der Waals surface area contributed by atoms with E-state index in [4.69, 9.17) is 0 Å². The second-order valence-electron chi connectivity index (χ2n) is 7.58. The maximum absolute atomic E-state index is 12.2. The van der Waals surface area contributed by atoms with E-state index in [0.29, 0.717) is 23.0 Å². The fraction of sp³-hybridized carbons (Fsp3) is 0.333. The third kappa shape index (κ3) is 2.99. The fourth-order valence-electron chi connectivity index (χ4n) is 4.78. The number of hydrogen-bond acceptors (Lipinski definition) is 4. The predicted molar refractivity (Wildman–Crippen MR) is 109 cm³/mol. The smallest absolute Gasteiger partial charge is 0.249 e. The highest BCUT2D eigenvalue weighted by molar-refractivity contribution is 7.13. The summed E-state index contributed by atoms with van der Waals surface area (Å²) in [6, 6.07) is 7.13. The van der Waals surface area contributed by atoms with Crippen LogP contribution in [0, 0.1) is 5.92 Å². The van der Waals surface area contributed by atoms with Crippen molar-refractivity contribution >= 4 is 33.3 Å². The molecule has 5 nitrogen and oxygen atoms in total. The minimum absolute atomic E-state index is 0.103. The van der Waals surface area contributed by atoms with E-state index in [1.165, 1.54) is 33.4 Å². The first kappa shape index (κ1) is 16.7. The van der Waals surface area contributed by atoms with Crippen LogP contribution in [-0.4, -0.2) is 40.4 Å². The molecule has 3 heterocycles. The van der Waals surface area contributed by atoms with Crippen LogP contribution in [0.15, 0.2) is 48.1 Å². The number of amides is 1. The Kier molecular flexibility index (Phi) is 4.10. The molecule has 138 valence electrons. The summed E-state index contributed by atoms with van der Waals surface area (Å²) in [4.78, 5) is 22.1. The molecule has 5 rings (SSSR count). The van der Waals surface area contributed by atoms with E-state index in [9.17, 15) is 4.79 Å². The summed E-state index contributed by atoms with van der Waals surface area (Å²) >= 11 is 1.43. The van der Waals surface area contributed by atoms with Gasteiger partial charge < -0.3 is 9.88 Å². The molecule has 0 spiro atoms. The van der Waals surface area contributed by atoms with Gasteiger partial charge in [-0.2, -0.15) is 0 Å². The number of carbonyl (C=O) groups is 1. The first-order valence-electron chi connectivity index (χ1n) is 9.37. The number of piperidine rings is 1. The van der Waals surface area contributed by atoms with Gasteiger partial charge in [0.05, 0.1) is 0 Å². The number of carbonyl (C=O) groups excluding carboxylic acids is 1. The molecule has 2 aromatic heterocycles. The Balaban J connectivity index is 1.37. The molecule has 3 atom stereocenters. The van der Waals surface area contributed by atoms with Crippen molar-refractivity contribution in [1.82, 2.24) is 14.9 Å². The molecular weight excluding hydrogens is 356 g/mol. The summed E-state index contributed by atoms with van der Waals surface area (Å²) in [5.41, 5.74) is 4.13. The largest absolute Gasteiger partial charge is 0.361 e. The second-order valence-corrected chi connectivity index (χ2v) is 8.48. The normalized spacial score (nSPS) is 25.0. The van der Waals surface area contributed by atoms with E-state index in [0.717, 1.165) is 19.4 Å². The van der Waals surface area contributed by atoms with Gasteiger partial charge >= 0.3 is 0 Å². The Morgan fingerprint density at radius 2 is 2.37 bits per heavy atom. The molecule has 1 fully saturated rings. The number of benzene rings is 1. The van der Waals surface area contributed by atoms with Gasteiger partial charge in [0.1, 0.15) is 0 Å². The molecule has 1 amide bonds. The van der Waals surface area contributed by atoms with Gasteiger partial charge in [0, 0.05) is 47.2 Å². The first-order chi connectivity index (χ1) is 13.2. The highest BCUT2D eigenvalue weighted by Crippen LogP contribution is 2.44. The number of nitrogens with one attached hydrogen (secondary N) is 2. The molecule has 0 unspecified atom stereocenters. The van der Waals surface area contributed by atoms with Crippen molar-refractivity contribution in [2.24, 2.45) is 5.92 Å². The molecule has 1 saturated heterocycles. The molecule has 0 radical (unpaired) electrons. The third-order valence-electron chi connectivity index (χ3n) is 5.94. The van der Waals surface area contributed by atoms with Gasteiger partial charge in [-0.1, -0.05) is 18.2 Å². The second kappa shape index (κ2) is 6.62. The van der Waals surface area contributed by atoms with Crippen LogP contribution >= 0.6 is 11.3 Å². The molecule has 2 aliphatic rings. The summed E-state index contributed by atoms with van der Waals surface area (Å²) < 4.78 is 0. The van der Waals surface area contributed by atoms with Crippen LogP contribution in [0.5, 0.6) is 0 Å². The van der Waals surface area contributed by atoms with Crippen LogP contribution in [0.25, 0.3) is 10.9 Å². The highest BCUT2D eigenvalue weighted by Gasteiger charge is 2.38. The molecule has 2 N–H and O–H groups in total. The minimum Gasteiger partial charge on any atom is -0.361 e. The van der Waals surface area contributed by atoms with Gasteiger partial charge in [0.2, 0.25) is 5.91 Å². The molecule has 3 aromatic rings. The topological polar surface area (TPSA) is 61.0 Å². The molecule has 0 saturated carbocycles. The van der Waals surface area contributed by atoms with E-state index in [1.807, 2.05) is 5.38 Å². The number of fused-ring (bicyclic) bond motifs is 2. The Hall–Kier alpha value is -2.44. The SMILES string of the molecule is CN1C[C@H](/C=C/C(=O)Nc2nccs2)C[C@@H]2c3cccc4[nH]cc(c34)C[C@H]21. The van der Waals surface area contributed by atoms with Gasteiger partial charge in [-0.25, -0.2) is 4.98 Å². The van der Waals surface area contributed by atoms with Crippen molar-refractivity contribution in [3.63, 3.8) is 0 Å². The number of aromatic amines is 1. The van der Waals surface area contributed by atoms with E-state index in [-0.39, 0.29) is 5.91 Å². The average molecular weight is 379 g/mol. The summed E-state index contributed by atoms with van der Waals surface area (Å²) in [6.07, 6.45) is 9.79. The summed E-state index contributed by atoms with van der Waals surface area (Å²) in [7, 11) is 2.21. The third-order valence-corrected chi connectivity index (χ3v) is 6.63. The van der Waals surface area contributed by atoms with Crippen molar-refractivity contribution in [3.8, 4) is 0 Å². The van der Waals surface area contributed by atoms with Crippen LogP contribution < -0.4 is 5.32 Å². The van der Waals surface area contributed by atoms with Crippen LogP contribution in [-0.2, 0) is 11.2 Å². The molecular formula is C21H22N4OS. The maximum Gasteiger partial charge on any atom is 0.249 e. The van der Waals surface area contributed by atoms with Gasteiger partial charge in [-0.15, -0.1) is 11.3 Å². The fourth-order valence-corrected chi connectivity index (χ4v) is 5.31. The Labute approximate surface area is 162 Å². The lowest BCUT2D eigenvalue weighted by molar-refractivity contribution is -0.111. The summed E-state index contributed by atoms with van der Waals surface area (Å²) in [6.45, 7) is 0.984. The standard InChI is InChI=1S/C21H22N4OS/c1-25-12-13(5-6-19(26)24-21-22-7-8-27-21)9-16-15-3-2-4-17-20(15)14(11-23-17)10-18(16)25/h2-8,11,13,16,18,23H,9-10,12H2,1H3,(H,22,24,26)/b6-5+/t13-,16-,18-/m1/s1. The number of aromatic nitrogens is 2. The average Bonchev–Trinajstić information content (AvgIpc) is 3.32. The lowest BCUT2D eigenvalue weighted by atomic mass is 9.72. The van der Waals surface area contributed by atoms with Crippen LogP contribution in [0.3, 0.4) is 0 Å². The van der Waals surface area contributed by atoms with Gasteiger partial charge in [-0.3, -0.25) is 10.1 Å². The number of likely N-dealkylation sites (tertiary alicyclic amines) is 1. The zero-order valence-corrected chi connectivity index (χ0v) is 16.0. The number of hydrogen-bond donors (Lipinski definition) is 2. The zero-order valence-electron chi connectivity index (χ0n) is 15.2. The number of likely N-dealkylation sites (N-methyl/N-ethyl adjacent to an activating group) is 1. The molecule has 0 bridgehead atoms. The number of H-pyrrole nitrogens is 1. The lowest BCUT2D eigenvalue weighted by Gasteiger charge is -2.45. The molecule has 1 aliphatic carbocycles. The van der Waals surface area contributed by atoms with Crippen LogP contribution in [0.4, 0.5) is 5.13 Å². The van der Waals surface area contributed by atoms with Gasteiger partial charge in [0.15, 0.2) is 5.13 Å². The molecule has 6 heteroatoms.